The number of carbonyl (C=O) groups is 1. The molecule has 4 rings (SSSR count). The molecule has 4 atom stereocenters. The van der Waals surface area contributed by atoms with E-state index in [0.29, 0.717) is 35.9 Å². The van der Waals surface area contributed by atoms with Crippen molar-refractivity contribution < 1.29 is 13.6 Å². The van der Waals surface area contributed by atoms with Gasteiger partial charge in [0.25, 0.3) is 0 Å². The van der Waals surface area contributed by atoms with Gasteiger partial charge in [0.2, 0.25) is 5.91 Å². The topological polar surface area (TPSA) is 32.3 Å². The van der Waals surface area contributed by atoms with Crippen LogP contribution in [0.4, 0.5) is 14.5 Å². The molecule has 1 amide bonds. The number of nitrogens with zero attached hydrogens (tertiary/aromatic N) is 1. The first-order valence-electron chi connectivity index (χ1n) is 8.63. The van der Waals surface area contributed by atoms with Crippen molar-refractivity contribution in [3.63, 3.8) is 0 Å². The molecule has 0 unspecified atom stereocenters. The summed E-state index contributed by atoms with van der Waals surface area (Å²) in [6, 6.07) is 4.29. The van der Waals surface area contributed by atoms with Gasteiger partial charge in [-0.05, 0) is 56.1 Å². The number of benzene rings is 1. The average Bonchev–Trinajstić information content (AvgIpc) is 2.87. The van der Waals surface area contributed by atoms with Crippen LogP contribution in [0.15, 0.2) is 18.2 Å². The quantitative estimate of drug-likeness (QED) is 0.904. The number of carbonyl (C=O) groups excluding carboxylic acids is 1. The molecule has 0 spiro atoms. The van der Waals surface area contributed by atoms with Crippen LogP contribution in [-0.4, -0.2) is 29.4 Å². The van der Waals surface area contributed by atoms with Gasteiger partial charge in [-0.15, -0.1) is 0 Å². The van der Waals surface area contributed by atoms with Gasteiger partial charge < -0.3 is 10.2 Å². The largest absolute Gasteiger partial charge is 0.380 e. The van der Waals surface area contributed by atoms with Gasteiger partial charge in [0.05, 0.1) is 5.69 Å². The van der Waals surface area contributed by atoms with Gasteiger partial charge >= 0.3 is 0 Å². The molecule has 1 saturated carbocycles. The van der Waals surface area contributed by atoms with Crippen LogP contribution in [-0.2, 0) is 4.79 Å². The number of amides is 1. The smallest absolute Gasteiger partial charge is 0.222 e. The Hall–Kier alpha value is -1.65. The van der Waals surface area contributed by atoms with E-state index in [1.54, 1.807) is 0 Å². The highest BCUT2D eigenvalue weighted by atomic mass is 19.1. The molecule has 3 nitrogen and oxygen atoms in total. The maximum atomic E-state index is 13.9. The summed E-state index contributed by atoms with van der Waals surface area (Å²) in [5.41, 5.74) is 0.384. The van der Waals surface area contributed by atoms with E-state index in [1.807, 2.05) is 0 Å². The lowest BCUT2D eigenvalue weighted by atomic mass is 9.73. The highest BCUT2D eigenvalue weighted by Crippen LogP contribution is 2.44. The predicted octanol–water partition coefficient (Wildman–Crippen LogP) is 3.56. The molecule has 5 heteroatoms. The number of nitrogens with one attached hydrogen (secondary N) is 1. The minimum atomic E-state index is -0.550. The van der Waals surface area contributed by atoms with Gasteiger partial charge in [0, 0.05) is 31.1 Å². The molecular formula is C18H22F2N2O. The molecule has 3 fully saturated rings. The van der Waals surface area contributed by atoms with Gasteiger partial charge in [-0.1, -0.05) is 0 Å². The standard InChI is InChI=1S/C18H22F2N2O/c19-13-4-5-16(15(20)10-13)21-14-8-11-2-1-3-17(23)22-7-6-12(9-14)18(11)22/h4-5,10-12,14,18,21H,1-3,6-9H2/t11-,12+,14+,18-/m1/s1. The van der Waals surface area contributed by atoms with E-state index in [2.05, 4.69) is 10.2 Å². The second kappa shape index (κ2) is 5.77. The van der Waals surface area contributed by atoms with Crippen molar-refractivity contribution in [1.82, 2.24) is 4.90 Å². The van der Waals surface area contributed by atoms with E-state index >= 15 is 0 Å². The maximum absolute atomic E-state index is 13.9. The molecule has 0 bridgehead atoms. The van der Waals surface area contributed by atoms with Gasteiger partial charge in [0.1, 0.15) is 11.6 Å². The zero-order valence-corrected chi connectivity index (χ0v) is 13.1. The zero-order chi connectivity index (χ0) is 16.0. The maximum Gasteiger partial charge on any atom is 0.222 e. The van der Waals surface area contributed by atoms with Crippen LogP contribution in [0.25, 0.3) is 0 Å². The van der Waals surface area contributed by atoms with Crippen LogP contribution in [0, 0.1) is 23.5 Å². The summed E-state index contributed by atoms with van der Waals surface area (Å²) in [7, 11) is 0. The Morgan fingerprint density at radius 1 is 1.13 bits per heavy atom. The molecule has 0 aromatic heterocycles. The molecular weight excluding hydrogens is 298 g/mol. The van der Waals surface area contributed by atoms with Crippen molar-refractivity contribution in [3.8, 4) is 0 Å². The third kappa shape index (κ3) is 2.70. The minimum Gasteiger partial charge on any atom is -0.380 e. The lowest BCUT2D eigenvalue weighted by Gasteiger charge is -2.41. The molecule has 124 valence electrons. The zero-order valence-electron chi connectivity index (χ0n) is 13.1. The molecule has 1 aromatic rings. The Morgan fingerprint density at radius 3 is 2.70 bits per heavy atom. The van der Waals surface area contributed by atoms with E-state index in [-0.39, 0.29) is 6.04 Å². The molecule has 1 aromatic carbocycles. The van der Waals surface area contributed by atoms with Gasteiger partial charge in [-0.2, -0.15) is 0 Å². The van der Waals surface area contributed by atoms with Crippen molar-refractivity contribution in [2.45, 2.75) is 50.6 Å². The van der Waals surface area contributed by atoms with Crippen LogP contribution in [0.1, 0.15) is 38.5 Å². The first kappa shape index (κ1) is 14.9. The van der Waals surface area contributed by atoms with Crippen LogP contribution in [0.2, 0.25) is 0 Å². The highest BCUT2D eigenvalue weighted by molar-refractivity contribution is 5.77. The first-order chi connectivity index (χ1) is 11.1. The monoisotopic (exact) mass is 320 g/mol. The summed E-state index contributed by atoms with van der Waals surface area (Å²) in [4.78, 5) is 14.3. The number of rotatable bonds is 2. The molecule has 2 heterocycles. The van der Waals surface area contributed by atoms with Gasteiger partial charge in [-0.25, -0.2) is 8.78 Å². The fourth-order valence-electron chi connectivity index (χ4n) is 4.93. The number of hydrogen-bond donors (Lipinski definition) is 1. The van der Waals surface area contributed by atoms with E-state index in [1.165, 1.54) is 12.1 Å². The molecule has 0 radical (unpaired) electrons. The Balaban J connectivity index is 1.51. The molecule has 23 heavy (non-hydrogen) atoms. The fraction of sp³-hybridized carbons (Fsp3) is 0.611. The lowest BCUT2D eigenvalue weighted by molar-refractivity contribution is -0.132. The van der Waals surface area contributed by atoms with Crippen LogP contribution < -0.4 is 5.32 Å². The number of hydrogen-bond acceptors (Lipinski definition) is 2. The second-order valence-corrected chi connectivity index (χ2v) is 7.22. The van der Waals surface area contributed by atoms with E-state index in [9.17, 15) is 13.6 Å². The summed E-state index contributed by atoms with van der Waals surface area (Å²) in [6.07, 6.45) is 5.68. The van der Waals surface area contributed by atoms with E-state index in [0.717, 1.165) is 44.7 Å². The van der Waals surface area contributed by atoms with Crippen molar-refractivity contribution in [2.75, 3.05) is 11.9 Å². The van der Waals surface area contributed by atoms with E-state index in [4.69, 9.17) is 0 Å². The molecule has 1 N–H and O–H groups in total. The van der Waals surface area contributed by atoms with Crippen molar-refractivity contribution in [2.24, 2.45) is 11.8 Å². The van der Waals surface area contributed by atoms with Crippen LogP contribution >= 0.6 is 0 Å². The van der Waals surface area contributed by atoms with E-state index < -0.39 is 11.6 Å². The summed E-state index contributed by atoms with van der Waals surface area (Å²) in [5, 5.41) is 3.28. The Bertz CT molecular complexity index is 621. The van der Waals surface area contributed by atoms with Crippen LogP contribution in [0.5, 0.6) is 0 Å². The first-order valence-corrected chi connectivity index (χ1v) is 8.63. The fourth-order valence-corrected chi connectivity index (χ4v) is 4.93. The highest BCUT2D eigenvalue weighted by Gasteiger charge is 2.47. The third-order valence-corrected chi connectivity index (χ3v) is 5.82. The molecule has 2 aliphatic heterocycles. The summed E-state index contributed by atoms with van der Waals surface area (Å²) in [5.74, 6) is 0.248. The summed E-state index contributed by atoms with van der Waals surface area (Å²) in [6.45, 7) is 0.877. The Kier molecular flexibility index (Phi) is 3.74. The number of halogens is 2. The van der Waals surface area contributed by atoms with Gasteiger partial charge in [-0.3, -0.25) is 4.79 Å². The lowest BCUT2D eigenvalue weighted by Crippen LogP contribution is -2.47. The van der Waals surface area contributed by atoms with Crippen LogP contribution in [0.3, 0.4) is 0 Å². The van der Waals surface area contributed by atoms with Crippen molar-refractivity contribution in [3.05, 3.63) is 29.8 Å². The minimum absolute atomic E-state index is 0.203. The Labute approximate surface area is 135 Å². The predicted molar refractivity (Wildman–Crippen MR) is 84.0 cm³/mol. The summed E-state index contributed by atoms with van der Waals surface area (Å²) < 4.78 is 26.9. The molecule has 3 aliphatic rings. The normalized spacial score (nSPS) is 33.3. The molecule has 1 aliphatic carbocycles. The third-order valence-electron chi connectivity index (χ3n) is 5.82. The van der Waals surface area contributed by atoms with Gasteiger partial charge in [0.15, 0.2) is 0 Å². The molecule has 2 saturated heterocycles. The van der Waals surface area contributed by atoms with Crippen molar-refractivity contribution in [1.29, 1.82) is 0 Å². The summed E-state index contributed by atoms with van der Waals surface area (Å²) >= 11 is 0. The Morgan fingerprint density at radius 2 is 1.91 bits per heavy atom. The number of anilines is 1. The second-order valence-electron chi connectivity index (χ2n) is 7.22. The van der Waals surface area contributed by atoms with Crippen molar-refractivity contribution >= 4 is 11.6 Å². The average molecular weight is 320 g/mol. The SMILES string of the molecule is O=C1CCC[C@@H]2C[C@H](Nc3ccc(F)cc3F)C[C@@H]3CCN1[C@H]23.